The first-order valence-corrected chi connectivity index (χ1v) is 32.1. The second-order valence-electron chi connectivity index (χ2n) is 21.3. The number of quaternary nitrogens is 1. The molecule has 0 aromatic carbocycles. The molecule has 436 valence electrons. The number of rotatable bonds is 55. The molecule has 0 aliphatic heterocycles. The lowest BCUT2D eigenvalue weighted by Gasteiger charge is -2.28. The SMILES string of the molecule is CC/C=C\C/C=C\C/C=C\C/C=C\C/C=C\CCCCCCCCCCCCCCCCCC(=O)OC(COC(=O)CCCCCCCCCC/C=C\C/C=C\C/C=C\C/C=C\CC)COP(=O)([O-])OCC[N+](C)(C)C. The second-order valence-corrected chi connectivity index (χ2v) is 22.7. The fourth-order valence-corrected chi connectivity index (χ4v) is 8.87. The summed E-state index contributed by atoms with van der Waals surface area (Å²) in [5.41, 5.74) is 0. The minimum Gasteiger partial charge on any atom is -0.756 e. The molecule has 9 nitrogen and oxygen atoms in total. The summed E-state index contributed by atoms with van der Waals surface area (Å²) in [5.74, 6) is -0.844. The number of carbonyl (C=O) groups is 2. The minimum absolute atomic E-state index is 0.0366. The Morgan fingerprint density at radius 1 is 0.408 bits per heavy atom. The summed E-state index contributed by atoms with van der Waals surface area (Å²) in [7, 11) is 1.15. The van der Waals surface area contributed by atoms with Crippen LogP contribution in [0.1, 0.15) is 245 Å². The Morgan fingerprint density at radius 2 is 0.711 bits per heavy atom. The van der Waals surface area contributed by atoms with Crippen LogP contribution in [-0.2, 0) is 32.7 Å². The molecule has 0 amide bonds. The lowest BCUT2D eigenvalue weighted by molar-refractivity contribution is -0.870. The average molecular weight is 1080 g/mol. The predicted octanol–water partition coefficient (Wildman–Crippen LogP) is 18.7. The van der Waals surface area contributed by atoms with E-state index in [-0.39, 0.29) is 26.1 Å². The zero-order valence-corrected chi connectivity index (χ0v) is 50.3. The average Bonchev–Trinajstić information content (AvgIpc) is 3.38. The van der Waals surface area contributed by atoms with Gasteiger partial charge in [-0.1, -0.05) is 245 Å². The van der Waals surface area contributed by atoms with E-state index in [0.717, 1.165) is 109 Å². The van der Waals surface area contributed by atoms with Gasteiger partial charge < -0.3 is 27.9 Å². The molecule has 0 rings (SSSR count). The Morgan fingerprint density at radius 3 is 1.05 bits per heavy atom. The van der Waals surface area contributed by atoms with Crippen LogP contribution in [0.15, 0.2) is 109 Å². The van der Waals surface area contributed by atoms with Gasteiger partial charge in [-0.25, -0.2) is 0 Å². The van der Waals surface area contributed by atoms with Gasteiger partial charge in [-0.2, -0.15) is 0 Å². The van der Waals surface area contributed by atoms with E-state index in [2.05, 4.69) is 123 Å². The number of nitrogens with zero attached hydrogens (tertiary/aromatic N) is 1. The second kappa shape index (κ2) is 56.4. The van der Waals surface area contributed by atoms with Crippen molar-refractivity contribution >= 4 is 19.8 Å². The van der Waals surface area contributed by atoms with E-state index < -0.39 is 32.5 Å². The van der Waals surface area contributed by atoms with Crippen molar-refractivity contribution in [2.24, 2.45) is 0 Å². The van der Waals surface area contributed by atoms with E-state index >= 15 is 0 Å². The molecule has 0 N–H and O–H groups in total. The van der Waals surface area contributed by atoms with Crippen LogP contribution in [0.4, 0.5) is 0 Å². The maximum absolute atomic E-state index is 12.8. The Kier molecular flexibility index (Phi) is 53.9. The van der Waals surface area contributed by atoms with Crippen LogP contribution in [0.25, 0.3) is 0 Å². The van der Waals surface area contributed by atoms with Crippen LogP contribution in [0.2, 0.25) is 0 Å². The molecule has 0 aromatic heterocycles. The smallest absolute Gasteiger partial charge is 0.306 e. The number of unbranched alkanes of at least 4 members (excludes halogenated alkanes) is 23. The third kappa shape index (κ3) is 59.9. The molecule has 0 aliphatic carbocycles. The molecule has 0 fully saturated rings. The molecule has 0 saturated carbocycles. The van der Waals surface area contributed by atoms with Gasteiger partial charge in [0.2, 0.25) is 0 Å². The van der Waals surface area contributed by atoms with Crippen molar-refractivity contribution in [3.05, 3.63) is 109 Å². The first-order chi connectivity index (χ1) is 37.0. The number of hydrogen-bond donors (Lipinski definition) is 0. The van der Waals surface area contributed by atoms with E-state index in [1.165, 1.54) is 103 Å². The van der Waals surface area contributed by atoms with Gasteiger partial charge in [-0.15, -0.1) is 0 Å². The normalized spacial score (nSPS) is 14.0. The molecular formula is C66H114NO8P. The number of allylic oxidation sites excluding steroid dienone is 18. The van der Waals surface area contributed by atoms with Crippen molar-refractivity contribution in [3.8, 4) is 0 Å². The van der Waals surface area contributed by atoms with Gasteiger partial charge in [-0.3, -0.25) is 14.2 Å². The van der Waals surface area contributed by atoms with Gasteiger partial charge in [0.15, 0.2) is 6.10 Å². The number of hydrogen-bond acceptors (Lipinski definition) is 8. The summed E-state index contributed by atoms with van der Waals surface area (Å²) in [4.78, 5) is 37.9. The van der Waals surface area contributed by atoms with Gasteiger partial charge in [0, 0.05) is 12.8 Å². The van der Waals surface area contributed by atoms with E-state index in [1.54, 1.807) is 0 Å². The highest BCUT2D eigenvalue weighted by atomic mass is 31.2. The number of carbonyl (C=O) groups excluding carboxylic acids is 2. The van der Waals surface area contributed by atoms with Crippen LogP contribution in [0, 0.1) is 0 Å². The van der Waals surface area contributed by atoms with Crippen LogP contribution in [0.3, 0.4) is 0 Å². The van der Waals surface area contributed by atoms with Crippen molar-refractivity contribution in [3.63, 3.8) is 0 Å². The maximum atomic E-state index is 12.8. The molecule has 0 aromatic rings. The predicted molar refractivity (Wildman–Crippen MR) is 323 cm³/mol. The number of phosphoric acid groups is 1. The molecule has 0 aliphatic rings. The van der Waals surface area contributed by atoms with Crippen LogP contribution in [-0.4, -0.2) is 70.0 Å². The van der Waals surface area contributed by atoms with E-state index in [1.807, 2.05) is 21.1 Å². The Balaban J connectivity index is 4.13. The Hall–Kier alpha value is -3.33. The summed E-state index contributed by atoms with van der Waals surface area (Å²) in [6, 6.07) is 0. The van der Waals surface area contributed by atoms with Gasteiger partial charge in [0.05, 0.1) is 27.7 Å². The summed E-state index contributed by atoms with van der Waals surface area (Å²) in [6.07, 6.45) is 78.5. The highest BCUT2D eigenvalue weighted by Gasteiger charge is 2.22. The molecule has 0 heterocycles. The lowest BCUT2D eigenvalue weighted by atomic mass is 10.0. The van der Waals surface area contributed by atoms with Crippen LogP contribution >= 0.6 is 7.82 Å². The van der Waals surface area contributed by atoms with E-state index in [9.17, 15) is 19.0 Å². The molecule has 2 unspecified atom stereocenters. The fourth-order valence-electron chi connectivity index (χ4n) is 8.15. The number of esters is 2. The summed E-state index contributed by atoms with van der Waals surface area (Å²) in [6.45, 7) is 4.01. The molecule has 0 saturated heterocycles. The van der Waals surface area contributed by atoms with Gasteiger partial charge in [0.25, 0.3) is 7.82 Å². The zero-order valence-electron chi connectivity index (χ0n) is 49.4. The molecule has 76 heavy (non-hydrogen) atoms. The summed E-state index contributed by atoms with van der Waals surface area (Å²) in [5, 5.41) is 0. The zero-order chi connectivity index (χ0) is 55.6. The van der Waals surface area contributed by atoms with Gasteiger partial charge in [0.1, 0.15) is 19.8 Å². The topological polar surface area (TPSA) is 111 Å². The highest BCUT2D eigenvalue weighted by Crippen LogP contribution is 2.38. The van der Waals surface area contributed by atoms with E-state index in [4.69, 9.17) is 18.5 Å². The Bertz CT molecular complexity index is 1650. The molecule has 0 bridgehead atoms. The van der Waals surface area contributed by atoms with Crippen molar-refractivity contribution in [1.82, 2.24) is 0 Å². The molecule has 0 spiro atoms. The van der Waals surface area contributed by atoms with Gasteiger partial charge in [-0.05, 0) is 96.3 Å². The van der Waals surface area contributed by atoms with Crippen LogP contribution < -0.4 is 4.89 Å². The monoisotopic (exact) mass is 1080 g/mol. The number of likely N-dealkylation sites (N-methyl/N-ethyl adjacent to an activating group) is 1. The largest absolute Gasteiger partial charge is 0.756 e. The molecule has 2 atom stereocenters. The summed E-state index contributed by atoms with van der Waals surface area (Å²) >= 11 is 0. The van der Waals surface area contributed by atoms with Crippen molar-refractivity contribution in [2.45, 2.75) is 251 Å². The van der Waals surface area contributed by atoms with Gasteiger partial charge >= 0.3 is 11.9 Å². The van der Waals surface area contributed by atoms with Crippen molar-refractivity contribution in [1.29, 1.82) is 0 Å². The minimum atomic E-state index is -4.65. The van der Waals surface area contributed by atoms with Crippen molar-refractivity contribution < 1.29 is 42.1 Å². The summed E-state index contributed by atoms with van der Waals surface area (Å²) < 4.78 is 34.2. The molecular weight excluding hydrogens is 966 g/mol. The third-order valence-electron chi connectivity index (χ3n) is 12.8. The van der Waals surface area contributed by atoms with E-state index in [0.29, 0.717) is 17.4 Å². The lowest BCUT2D eigenvalue weighted by Crippen LogP contribution is -2.37. The first kappa shape index (κ1) is 72.7. The molecule has 0 radical (unpaired) electrons. The maximum Gasteiger partial charge on any atom is 0.306 e. The number of ether oxygens (including phenoxy) is 2. The fraction of sp³-hybridized carbons (Fsp3) is 0.697. The number of phosphoric ester groups is 1. The standard InChI is InChI=1S/C66H114NO8P/c1-6-8-10-12-14-16-18-20-22-24-26-28-29-30-31-32-33-34-35-36-37-39-41-43-45-47-49-51-53-55-57-59-66(69)75-64(63-74-76(70,71)73-61-60-67(3,4)5)62-72-65(68)58-56-54-52-50-48-46-44-42-40-38-27-25-23-21-19-17-15-13-11-9-7-2/h8-11,14-17,20-23,26-28,30-31,38,64H,6-7,12-13,18-19,24-25,29,32-37,39-63H2,1-5H3/b10-8-,11-9-,16-14-,17-15-,22-20-,23-21-,28-26-,31-30-,38-27-. The quantitative estimate of drug-likeness (QED) is 0.0195. The third-order valence-corrected chi connectivity index (χ3v) is 13.8. The Labute approximate surface area is 467 Å². The van der Waals surface area contributed by atoms with Crippen molar-refractivity contribution in [2.75, 3.05) is 47.5 Å². The first-order valence-electron chi connectivity index (χ1n) is 30.6. The molecule has 10 heteroatoms. The van der Waals surface area contributed by atoms with Crippen LogP contribution in [0.5, 0.6) is 0 Å². The highest BCUT2D eigenvalue weighted by molar-refractivity contribution is 7.45.